The first-order valence-corrected chi connectivity index (χ1v) is 11.1. The standard InChI is InChI=1S/C20H22N2O2S2/c1-3-15-6-10-17(11-7-15)22-19-13-26(23,24)12-18(19)21(20(22)25)16-8-4-14(2)5-9-16/h4-11,18-19H,3,12-13H2,1-2H3. The van der Waals surface area contributed by atoms with Gasteiger partial charge in [-0.2, -0.15) is 0 Å². The minimum Gasteiger partial charge on any atom is -0.312 e. The molecule has 2 aromatic carbocycles. The molecule has 0 spiro atoms. The molecule has 2 unspecified atom stereocenters. The highest BCUT2D eigenvalue weighted by Gasteiger charge is 2.52. The predicted octanol–water partition coefficient (Wildman–Crippen LogP) is 3.33. The van der Waals surface area contributed by atoms with E-state index in [0.717, 1.165) is 17.8 Å². The van der Waals surface area contributed by atoms with Gasteiger partial charge >= 0.3 is 0 Å². The Kier molecular flexibility index (Phi) is 4.28. The van der Waals surface area contributed by atoms with Crippen LogP contribution in [0.2, 0.25) is 0 Å². The van der Waals surface area contributed by atoms with E-state index in [1.807, 2.05) is 53.1 Å². The van der Waals surface area contributed by atoms with Crippen LogP contribution >= 0.6 is 12.2 Å². The molecule has 0 radical (unpaired) electrons. The van der Waals surface area contributed by atoms with Crippen molar-refractivity contribution < 1.29 is 8.42 Å². The number of hydrogen-bond acceptors (Lipinski definition) is 3. The Labute approximate surface area is 160 Å². The third kappa shape index (κ3) is 2.91. The summed E-state index contributed by atoms with van der Waals surface area (Å²) in [6.07, 6.45) is 0.973. The summed E-state index contributed by atoms with van der Waals surface area (Å²) in [5.41, 5.74) is 4.35. The Morgan fingerprint density at radius 3 is 1.85 bits per heavy atom. The maximum Gasteiger partial charge on any atom is 0.181 e. The molecule has 2 saturated heterocycles. The van der Waals surface area contributed by atoms with Crippen LogP contribution < -0.4 is 9.80 Å². The number of hydrogen-bond donors (Lipinski definition) is 0. The molecule has 2 aliphatic heterocycles. The summed E-state index contributed by atoms with van der Waals surface area (Å²) < 4.78 is 24.7. The topological polar surface area (TPSA) is 40.6 Å². The maximum atomic E-state index is 12.4. The highest BCUT2D eigenvalue weighted by molar-refractivity contribution is 7.91. The van der Waals surface area contributed by atoms with Gasteiger partial charge in [0.25, 0.3) is 0 Å². The number of anilines is 2. The van der Waals surface area contributed by atoms with E-state index in [0.29, 0.717) is 5.11 Å². The summed E-state index contributed by atoms with van der Waals surface area (Å²) in [5, 5.41) is 0.683. The molecule has 0 aromatic heterocycles. The average Bonchev–Trinajstić information content (AvgIpc) is 3.05. The van der Waals surface area contributed by atoms with E-state index in [-0.39, 0.29) is 23.6 Å². The fraction of sp³-hybridized carbons (Fsp3) is 0.350. The minimum absolute atomic E-state index is 0.138. The monoisotopic (exact) mass is 386 g/mol. The second kappa shape index (κ2) is 6.35. The summed E-state index contributed by atoms with van der Waals surface area (Å²) in [4.78, 5) is 4.06. The summed E-state index contributed by atoms with van der Waals surface area (Å²) in [7, 11) is -3.07. The van der Waals surface area contributed by atoms with Crippen molar-refractivity contribution in [3.05, 3.63) is 59.7 Å². The lowest BCUT2D eigenvalue weighted by atomic mass is 10.1. The number of benzene rings is 2. The molecular weight excluding hydrogens is 364 g/mol. The molecule has 0 saturated carbocycles. The van der Waals surface area contributed by atoms with E-state index in [9.17, 15) is 8.42 Å². The van der Waals surface area contributed by atoms with Crippen molar-refractivity contribution in [2.45, 2.75) is 32.4 Å². The zero-order valence-electron chi connectivity index (χ0n) is 14.9. The lowest BCUT2D eigenvalue weighted by Crippen LogP contribution is -2.37. The molecule has 2 fully saturated rings. The number of thiocarbonyl (C=S) groups is 1. The second-order valence-electron chi connectivity index (χ2n) is 7.09. The molecule has 26 heavy (non-hydrogen) atoms. The van der Waals surface area contributed by atoms with E-state index in [2.05, 4.69) is 19.1 Å². The normalized spacial score (nSPS) is 24.2. The van der Waals surface area contributed by atoms with Gasteiger partial charge in [-0.1, -0.05) is 36.8 Å². The average molecular weight is 387 g/mol. The SMILES string of the molecule is CCc1ccc(N2C(=S)N(c3ccc(C)cc3)C3CS(=O)(=O)CC32)cc1. The van der Waals surface area contributed by atoms with E-state index in [1.165, 1.54) is 11.1 Å². The van der Waals surface area contributed by atoms with Gasteiger partial charge in [0.05, 0.1) is 23.6 Å². The summed E-state index contributed by atoms with van der Waals surface area (Å²) in [6, 6.07) is 16.1. The van der Waals surface area contributed by atoms with Crippen LogP contribution in [0.25, 0.3) is 0 Å². The van der Waals surface area contributed by atoms with Crippen molar-refractivity contribution in [3.63, 3.8) is 0 Å². The van der Waals surface area contributed by atoms with Crippen LogP contribution in [0.5, 0.6) is 0 Å². The van der Waals surface area contributed by atoms with Gasteiger partial charge in [0.2, 0.25) is 0 Å². The highest BCUT2D eigenvalue weighted by atomic mass is 32.2. The molecule has 2 aromatic rings. The summed E-state index contributed by atoms with van der Waals surface area (Å²) >= 11 is 5.81. The molecule has 2 aliphatic rings. The molecule has 136 valence electrons. The fourth-order valence-electron chi connectivity index (χ4n) is 3.90. The quantitative estimate of drug-likeness (QED) is 0.757. The molecule has 0 bridgehead atoms. The van der Waals surface area contributed by atoms with Gasteiger partial charge in [-0.25, -0.2) is 8.42 Å². The van der Waals surface area contributed by atoms with Crippen LogP contribution in [0, 0.1) is 6.92 Å². The number of fused-ring (bicyclic) bond motifs is 1. The molecule has 4 rings (SSSR count). The van der Waals surface area contributed by atoms with Gasteiger partial charge in [-0.05, 0) is 55.4 Å². The van der Waals surface area contributed by atoms with Crippen molar-refractivity contribution >= 4 is 38.5 Å². The fourth-order valence-corrected chi connectivity index (χ4v) is 6.31. The lowest BCUT2D eigenvalue weighted by Gasteiger charge is -2.26. The number of sulfone groups is 1. The summed E-state index contributed by atoms with van der Waals surface area (Å²) in [5.74, 6) is 0.297. The van der Waals surface area contributed by atoms with Gasteiger partial charge in [-0.15, -0.1) is 0 Å². The van der Waals surface area contributed by atoms with Crippen LogP contribution in [0.3, 0.4) is 0 Å². The Bertz CT molecular complexity index is 937. The third-order valence-electron chi connectivity index (χ3n) is 5.30. The second-order valence-corrected chi connectivity index (χ2v) is 9.61. The van der Waals surface area contributed by atoms with Crippen LogP contribution in [0.1, 0.15) is 18.1 Å². The first kappa shape index (κ1) is 17.5. The van der Waals surface area contributed by atoms with Gasteiger partial charge in [0, 0.05) is 11.4 Å². The largest absolute Gasteiger partial charge is 0.312 e. The van der Waals surface area contributed by atoms with Crippen LogP contribution in [0.4, 0.5) is 11.4 Å². The smallest absolute Gasteiger partial charge is 0.181 e. The van der Waals surface area contributed by atoms with Crippen LogP contribution in [0.15, 0.2) is 48.5 Å². The molecule has 0 aliphatic carbocycles. The molecule has 2 heterocycles. The highest BCUT2D eigenvalue weighted by Crippen LogP contribution is 2.38. The first-order valence-electron chi connectivity index (χ1n) is 8.88. The zero-order valence-corrected chi connectivity index (χ0v) is 16.6. The Hall–Kier alpha value is -1.92. The van der Waals surface area contributed by atoms with Gasteiger partial charge in [0.15, 0.2) is 14.9 Å². The Morgan fingerprint density at radius 1 is 0.923 bits per heavy atom. The molecule has 4 nitrogen and oxygen atoms in total. The van der Waals surface area contributed by atoms with E-state index in [4.69, 9.17) is 12.2 Å². The number of aryl methyl sites for hydroxylation is 2. The zero-order chi connectivity index (χ0) is 18.5. The maximum absolute atomic E-state index is 12.4. The Morgan fingerprint density at radius 2 is 1.38 bits per heavy atom. The van der Waals surface area contributed by atoms with Gasteiger partial charge < -0.3 is 9.80 Å². The minimum atomic E-state index is -3.07. The molecule has 0 amide bonds. The van der Waals surface area contributed by atoms with Crippen molar-refractivity contribution in [3.8, 4) is 0 Å². The van der Waals surface area contributed by atoms with Crippen molar-refractivity contribution in [2.75, 3.05) is 21.3 Å². The first-order chi connectivity index (χ1) is 12.4. The van der Waals surface area contributed by atoms with Crippen molar-refractivity contribution in [1.29, 1.82) is 0 Å². The molecule has 2 atom stereocenters. The van der Waals surface area contributed by atoms with Crippen molar-refractivity contribution in [2.24, 2.45) is 0 Å². The number of rotatable bonds is 3. The predicted molar refractivity (Wildman–Crippen MR) is 111 cm³/mol. The molecule has 6 heteroatoms. The number of nitrogens with zero attached hydrogens (tertiary/aromatic N) is 2. The molecular formula is C20H22N2O2S2. The van der Waals surface area contributed by atoms with Crippen molar-refractivity contribution in [1.82, 2.24) is 0 Å². The lowest BCUT2D eigenvalue weighted by molar-refractivity contribution is 0.601. The van der Waals surface area contributed by atoms with Gasteiger partial charge in [0.1, 0.15) is 0 Å². The van der Waals surface area contributed by atoms with Gasteiger partial charge in [-0.3, -0.25) is 0 Å². The van der Waals surface area contributed by atoms with E-state index in [1.54, 1.807) is 0 Å². The molecule has 0 N–H and O–H groups in total. The Balaban J connectivity index is 1.77. The van der Waals surface area contributed by atoms with Crippen LogP contribution in [-0.2, 0) is 16.3 Å². The summed E-state index contributed by atoms with van der Waals surface area (Å²) in [6.45, 7) is 4.16. The van der Waals surface area contributed by atoms with Crippen LogP contribution in [-0.4, -0.2) is 37.1 Å². The van der Waals surface area contributed by atoms with E-state index < -0.39 is 9.84 Å². The third-order valence-corrected chi connectivity index (χ3v) is 7.40. The van der Waals surface area contributed by atoms with E-state index >= 15 is 0 Å².